The first-order valence-corrected chi connectivity index (χ1v) is 6.20. The van der Waals surface area contributed by atoms with E-state index in [2.05, 4.69) is 35.0 Å². The van der Waals surface area contributed by atoms with Crippen LogP contribution in [0.5, 0.6) is 0 Å². The zero-order chi connectivity index (χ0) is 12.7. The van der Waals surface area contributed by atoms with Crippen LogP contribution < -0.4 is 10.6 Å². The maximum absolute atomic E-state index is 6.03. The predicted octanol–water partition coefficient (Wildman–Crippen LogP) is 2.80. The third-order valence-corrected chi connectivity index (χ3v) is 3.56. The summed E-state index contributed by atoms with van der Waals surface area (Å²) >= 11 is 0. The molecule has 1 aliphatic rings. The normalized spacial score (nSPS) is 13.8. The molecule has 1 aromatic carbocycles. The maximum atomic E-state index is 6.03. The van der Waals surface area contributed by atoms with Gasteiger partial charge in [0.05, 0.1) is 11.4 Å². The molecule has 0 saturated carbocycles. The Morgan fingerprint density at radius 3 is 2.67 bits per heavy atom. The van der Waals surface area contributed by atoms with Gasteiger partial charge in [-0.3, -0.25) is 4.98 Å². The molecule has 0 fully saturated rings. The molecule has 1 aliphatic heterocycles. The molecule has 0 bridgehead atoms. The second-order valence-electron chi connectivity index (χ2n) is 4.90. The van der Waals surface area contributed by atoms with Crippen LogP contribution in [-0.2, 0) is 13.1 Å². The number of nitrogens with two attached hydrogens (primary N) is 1. The third kappa shape index (κ3) is 1.72. The van der Waals surface area contributed by atoms with Gasteiger partial charge in [-0.05, 0) is 43.2 Å². The Morgan fingerprint density at radius 2 is 1.94 bits per heavy atom. The number of nitrogens with zero attached hydrogens (tertiary/aromatic N) is 2. The van der Waals surface area contributed by atoms with Gasteiger partial charge in [-0.25, -0.2) is 0 Å². The lowest BCUT2D eigenvalue weighted by atomic mass is 10.1. The lowest BCUT2D eigenvalue weighted by molar-refractivity contribution is 0.865. The van der Waals surface area contributed by atoms with Crippen LogP contribution in [-0.4, -0.2) is 4.98 Å². The summed E-state index contributed by atoms with van der Waals surface area (Å²) in [6, 6.07) is 10.4. The van der Waals surface area contributed by atoms with E-state index in [-0.39, 0.29) is 0 Å². The number of fused-ring (bicyclic) bond motifs is 1. The highest BCUT2D eigenvalue weighted by Gasteiger charge is 2.22. The zero-order valence-corrected chi connectivity index (χ0v) is 10.8. The average molecular weight is 239 g/mol. The smallest absolute Gasteiger partial charge is 0.0609 e. The van der Waals surface area contributed by atoms with E-state index in [1.54, 1.807) is 0 Å². The van der Waals surface area contributed by atoms with Crippen molar-refractivity contribution in [3.63, 3.8) is 0 Å². The van der Waals surface area contributed by atoms with Crippen molar-refractivity contribution >= 4 is 11.4 Å². The summed E-state index contributed by atoms with van der Waals surface area (Å²) in [6.07, 6.45) is 0. The molecule has 0 amide bonds. The first-order chi connectivity index (χ1) is 8.65. The van der Waals surface area contributed by atoms with Gasteiger partial charge in [-0.15, -0.1) is 0 Å². The van der Waals surface area contributed by atoms with Crippen molar-refractivity contribution in [2.75, 3.05) is 10.6 Å². The van der Waals surface area contributed by atoms with Crippen molar-refractivity contribution in [1.29, 1.82) is 0 Å². The van der Waals surface area contributed by atoms with Crippen molar-refractivity contribution in [2.45, 2.75) is 26.9 Å². The van der Waals surface area contributed by atoms with E-state index >= 15 is 0 Å². The Kier molecular flexibility index (Phi) is 2.47. The minimum absolute atomic E-state index is 0.883. The molecule has 2 N–H and O–H groups in total. The molecule has 3 nitrogen and oxygen atoms in total. The fraction of sp³-hybridized carbons (Fsp3) is 0.267. The summed E-state index contributed by atoms with van der Waals surface area (Å²) in [7, 11) is 0. The van der Waals surface area contributed by atoms with E-state index in [1.165, 1.54) is 16.8 Å². The molecule has 0 unspecified atom stereocenters. The molecule has 0 atom stereocenters. The maximum Gasteiger partial charge on any atom is 0.0609 e. The number of hydrogen-bond acceptors (Lipinski definition) is 3. The van der Waals surface area contributed by atoms with Gasteiger partial charge in [-0.1, -0.05) is 12.1 Å². The molecule has 92 valence electrons. The Labute approximate surface area is 107 Å². The molecule has 1 aromatic heterocycles. The van der Waals surface area contributed by atoms with Crippen LogP contribution in [0.1, 0.15) is 22.5 Å². The first kappa shape index (κ1) is 11.1. The highest BCUT2D eigenvalue weighted by atomic mass is 15.2. The van der Waals surface area contributed by atoms with Gasteiger partial charge in [0.15, 0.2) is 0 Å². The van der Waals surface area contributed by atoms with E-state index in [0.717, 1.165) is 30.2 Å². The fourth-order valence-corrected chi connectivity index (χ4v) is 2.63. The Bertz CT molecular complexity index is 605. The molecule has 3 heteroatoms. The average Bonchev–Trinajstić information content (AvgIpc) is 2.74. The number of rotatable bonds is 1. The molecule has 0 radical (unpaired) electrons. The van der Waals surface area contributed by atoms with Crippen molar-refractivity contribution < 1.29 is 0 Å². The van der Waals surface area contributed by atoms with Crippen molar-refractivity contribution in [3.05, 3.63) is 52.8 Å². The zero-order valence-electron chi connectivity index (χ0n) is 10.8. The number of benzene rings is 1. The topological polar surface area (TPSA) is 42.1 Å². The van der Waals surface area contributed by atoms with Gasteiger partial charge in [-0.2, -0.15) is 0 Å². The predicted molar refractivity (Wildman–Crippen MR) is 74.5 cm³/mol. The number of nitrogen functional groups attached to an aromatic ring is 1. The Balaban J connectivity index is 1.96. The summed E-state index contributed by atoms with van der Waals surface area (Å²) in [4.78, 5) is 6.87. The van der Waals surface area contributed by atoms with Crippen LogP contribution in [0.15, 0.2) is 30.3 Å². The fourth-order valence-electron chi connectivity index (χ4n) is 2.63. The highest BCUT2D eigenvalue weighted by molar-refractivity contribution is 5.60. The lowest BCUT2D eigenvalue weighted by Crippen LogP contribution is -2.16. The monoisotopic (exact) mass is 239 g/mol. The first-order valence-electron chi connectivity index (χ1n) is 6.20. The van der Waals surface area contributed by atoms with Gasteiger partial charge >= 0.3 is 0 Å². The van der Waals surface area contributed by atoms with Crippen LogP contribution in [0, 0.1) is 13.8 Å². The summed E-state index contributed by atoms with van der Waals surface area (Å²) in [5.41, 5.74) is 12.9. The number of hydrogen-bond donors (Lipinski definition) is 1. The van der Waals surface area contributed by atoms with Crippen molar-refractivity contribution in [1.82, 2.24) is 4.98 Å². The van der Waals surface area contributed by atoms with Crippen LogP contribution in [0.4, 0.5) is 11.4 Å². The van der Waals surface area contributed by atoms with Crippen LogP contribution in [0.3, 0.4) is 0 Å². The van der Waals surface area contributed by atoms with Gasteiger partial charge in [0, 0.05) is 24.5 Å². The Hall–Kier alpha value is -2.03. The molecule has 2 aromatic rings. The van der Waals surface area contributed by atoms with Crippen LogP contribution >= 0.6 is 0 Å². The summed E-state index contributed by atoms with van der Waals surface area (Å²) in [5.74, 6) is 0. The number of aromatic nitrogens is 1. The summed E-state index contributed by atoms with van der Waals surface area (Å²) < 4.78 is 0. The van der Waals surface area contributed by atoms with Gasteiger partial charge in [0.1, 0.15) is 0 Å². The third-order valence-electron chi connectivity index (χ3n) is 3.56. The second kappa shape index (κ2) is 4.02. The molecule has 0 aliphatic carbocycles. The highest BCUT2D eigenvalue weighted by Crippen LogP contribution is 2.32. The summed E-state index contributed by atoms with van der Waals surface area (Å²) in [6.45, 7) is 5.89. The quantitative estimate of drug-likeness (QED) is 0.778. The molecule has 18 heavy (non-hydrogen) atoms. The van der Waals surface area contributed by atoms with Crippen molar-refractivity contribution in [3.8, 4) is 0 Å². The Morgan fingerprint density at radius 1 is 1.11 bits per heavy atom. The second-order valence-corrected chi connectivity index (χ2v) is 4.90. The van der Waals surface area contributed by atoms with Crippen LogP contribution in [0.25, 0.3) is 0 Å². The standard InChI is InChI=1S/C15H17N3/c1-10-6-7-15(11(2)17-10)18-8-12-4-3-5-14(16)13(12)9-18/h3-7H,8-9,16H2,1-2H3. The van der Waals surface area contributed by atoms with Gasteiger partial charge in [0.2, 0.25) is 0 Å². The molecule has 0 saturated heterocycles. The van der Waals surface area contributed by atoms with E-state index < -0.39 is 0 Å². The molecule has 3 rings (SSSR count). The summed E-state index contributed by atoms with van der Waals surface area (Å²) in [5, 5.41) is 0. The SMILES string of the molecule is Cc1ccc(N2Cc3cccc(N)c3C2)c(C)n1. The van der Waals surface area contributed by atoms with E-state index in [1.807, 2.05) is 19.1 Å². The van der Waals surface area contributed by atoms with E-state index in [9.17, 15) is 0 Å². The molecule has 0 spiro atoms. The molecule has 2 heterocycles. The molecular formula is C15H17N3. The van der Waals surface area contributed by atoms with E-state index in [4.69, 9.17) is 5.73 Å². The van der Waals surface area contributed by atoms with Crippen molar-refractivity contribution in [2.24, 2.45) is 0 Å². The molecular weight excluding hydrogens is 222 g/mol. The number of aryl methyl sites for hydroxylation is 2. The lowest BCUT2D eigenvalue weighted by Gasteiger charge is -2.19. The van der Waals surface area contributed by atoms with Gasteiger partial charge in [0.25, 0.3) is 0 Å². The number of anilines is 2. The van der Waals surface area contributed by atoms with Gasteiger partial charge < -0.3 is 10.6 Å². The number of pyridine rings is 1. The minimum atomic E-state index is 0.883. The largest absolute Gasteiger partial charge is 0.398 e. The minimum Gasteiger partial charge on any atom is -0.398 e. The van der Waals surface area contributed by atoms with Crippen LogP contribution in [0.2, 0.25) is 0 Å². The van der Waals surface area contributed by atoms with E-state index in [0.29, 0.717) is 0 Å².